The summed E-state index contributed by atoms with van der Waals surface area (Å²) in [5.74, 6) is 1.70. The van der Waals surface area contributed by atoms with Crippen LogP contribution < -0.4 is 4.90 Å². The Morgan fingerprint density at radius 3 is 2.52 bits per heavy atom. The van der Waals surface area contributed by atoms with Gasteiger partial charge in [-0.2, -0.15) is 0 Å². The monoisotopic (exact) mass is 356 g/mol. The standard InChI is InChI=1S/C18H21ClN6/c1-18(2,3)17-20-15(24-9-6-10-24)14-16(21-17)25(23-22-14)11-12-7-4-5-8-13(12)19/h4-5,7-8H,6,9-11H2,1-3H3. The highest BCUT2D eigenvalue weighted by atomic mass is 35.5. The zero-order valence-corrected chi connectivity index (χ0v) is 15.5. The van der Waals surface area contributed by atoms with Crippen LogP contribution in [0.4, 0.5) is 5.82 Å². The maximum absolute atomic E-state index is 6.31. The Balaban J connectivity index is 1.84. The van der Waals surface area contributed by atoms with Crippen molar-refractivity contribution in [3.63, 3.8) is 0 Å². The third-order valence-electron chi connectivity index (χ3n) is 4.45. The third-order valence-corrected chi connectivity index (χ3v) is 4.82. The summed E-state index contributed by atoms with van der Waals surface area (Å²) < 4.78 is 1.82. The fraction of sp³-hybridized carbons (Fsp3) is 0.444. The van der Waals surface area contributed by atoms with Gasteiger partial charge in [0.1, 0.15) is 5.82 Å². The van der Waals surface area contributed by atoms with Crippen molar-refractivity contribution in [3.05, 3.63) is 40.7 Å². The minimum absolute atomic E-state index is 0.146. The number of nitrogens with zero attached hydrogens (tertiary/aromatic N) is 6. The average Bonchev–Trinajstić information content (AvgIpc) is 2.90. The van der Waals surface area contributed by atoms with E-state index < -0.39 is 0 Å². The van der Waals surface area contributed by atoms with E-state index in [1.807, 2.05) is 28.9 Å². The topological polar surface area (TPSA) is 59.7 Å². The van der Waals surface area contributed by atoms with Crippen LogP contribution in [0.3, 0.4) is 0 Å². The van der Waals surface area contributed by atoms with Crippen LogP contribution in [0.1, 0.15) is 38.6 Å². The molecule has 7 heteroatoms. The largest absolute Gasteiger partial charge is 0.354 e. The highest BCUT2D eigenvalue weighted by Crippen LogP contribution is 2.29. The molecular formula is C18H21ClN6. The van der Waals surface area contributed by atoms with Gasteiger partial charge in [0.15, 0.2) is 17.0 Å². The van der Waals surface area contributed by atoms with Crippen LogP contribution in [0.25, 0.3) is 11.2 Å². The van der Waals surface area contributed by atoms with E-state index in [0.717, 1.165) is 46.5 Å². The molecule has 6 nitrogen and oxygen atoms in total. The lowest BCUT2D eigenvalue weighted by molar-refractivity contribution is 0.539. The molecule has 0 spiro atoms. The maximum atomic E-state index is 6.31. The highest BCUT2D eigenvalue weighted by Gasteiger charge is 2.27. The second-order valence-corrected chi connectivity index (χ2v) is 7.88. The summed E-state index contributed by atoms with van der Waals surface area (Å²) >= 11 is 6.31. The van der Waals surface area contributed by atoms with Gasteiger partial charge in [-0.15, -0.1) is 5.10 Å². The van der Waals surface area contributed by atoms with Crippen molar-refractivity contribution in [2.75, 3.05) is 18.0 Å². The molecule has 1 saturated heterocycles. The number of aromatic nitrogens is 5. The van der Waals surface area contributed by atoms with Gasteiger partial charge < -0.3 is 4.90 Å². The SMILES string of the molecule is CC(C)(C)c1nc(N2CCC2)c2nnn(Cc3ccccc3Cl)c2n1. The molecule has 0 aliphatic carbocycles. The fourth-order valence-corrected chi connectivity index (χ4v) is 3.02. The van der Waals surface area contributed by atoms with Crippen molar-refractivity contribution in [2.24, 2.45) is 0 Å². The second-order valence-electron chi connectivity index (χ2n) is 7.47. The number of rotatable bonds is 3. The fourth-order valence-electron chi connectivity index (χ4n) is 2.82. The number of fused-ring (bicyclic) bond motifs is 1. The van der Waals surface area contributed by atoms with Crippen molar-refractivity contribution in [1.29, 1.82) is 0 Å². The first-order valence-electron chi connectivity index (χ1n) is 8.53. The summed E-state index contributed by atoms with van der Waals surface area (Å²) in [6, 6.07) is 7.78. The van der Waals surface area contributed by atoms with Crippen LogP contribution in [0, 0.1) is 0 Å². The van der Waals surface area contributed by atoms with Gasteiger partial charge in [0, 0.05) is 23.5 Å². The van der Waals surface area contributed by atoms with Crippen molar-refractivity contribution in [3.8, 4) is 0 Å². The number of halogens is 1. The first-order chi connectivity index (χ1) is 11.9. The van der Waals surface area contributed by atoms with E-state index in [-0.39, 0.29) is 5.41 Å². The van der Waals surface area contributed by atoms with Crippen LogP contribution in [0.15, 0.2) is 24.3 Å². The lowest BCUT2D eigenvalue weighted by Crippen LogP contribution is -2.38. The lowest BCUT2D eigenvalue weighted by atomic mass is 9.95. The van der Waals surface area contributed by atoms with E-state index in [0.29, 0.717) is 6.54 Å². The van der Waals surface area contributed by atoms with Gasteiger partial charge in [0.25, 0.3) is 0 Å². The summed E-state index contributed by atoms with van der Waals surface area (Å²) in [6.45, 7) is 8.92. The molecule has 1 aliphatic heterocycles. The number of anilines is 1. The Labute approximate surface area is 151 Å². The molecule has 0 N–H and O–H groups in total. The zero-order chi connectivity index (χ0) is 17.6. The van der Waals surface area contributed by atoms with Gasteiger partial charge in [-0.25, -0.2) is 14.6 Å². The second kappa shape index (κ2) is 5.95. The first kappa shape index (κ1) is 16.3. The smallest absolute Gasteiger partial charge is 0.184 e. The first-order valence-corrected chi connectivity index (χ1v) is 8.91. The molecule has 1 aromatic carbocycles. The molecule has 0 radical (unpaired) electrons. The van der Waals surface area contributed by atoms with E-state index in [9.17, 15) is 0 Å². The van der Waals surface area contributed by atoms with E-state index in [4.69, 9.17) is 21.6 Å². The molecule has 0 saturated carbocycles. The molecule has 2 aromatic heterocycles. The zero-order valence-electron chi connectivity index (χ0n) is 14.7. The van der Waals surface area contributed by atoms with Crippen LogP contribution >= 0.6 is 11.6 Å². The van der Waals surface area contributed by atoms with E-state index >= 15 is 0 Å². The third kappa shape index (κ3) is 2.95. The number of benzene rings is 1. The van der Waals surface area contributed by atoms with Gasteiger partial charge in [-0.05, 0) is 18.1 Å². The molecule has 0 amide bonds. The average molecular weight is 357 g/mol. The van der Waals surface area contributed by atoms with Gasteiger partial charge in [-0.3, -0.25) is 0 Å². The molecule has 3 heterocycles. The van der Waals surface area contributed by atoms with Crippen LogP contribution in [-0.2, 0) is 12.0 Å². The quantitative estimate of drug-likeness (QED) is 0.719. The molecule has 0 bridgehead atoms. The maximum Gasteiger partial charge on any atom is 0.184 e. The Bertz CT molecular complexity index is 923. The van der Waals surface area contributed by atoms with Gasteiger partial charge >= 0.3 is 0 Å². The van der Waals surface area contributed by atoms with Gasteiger partial charge in [-0.1, -0.05) is 55.8 Å². The van der Waals surface area contributed by atoms with Crippen molar-refractivity contribution in [1.82, 2.24) is 25.0 Å². The minimum atomic E-state index is -0.146. The Morgan fingerprint density at radius 1 is 1.12 bits per heavy atom. The van der Waals surface area contributed by atoms with Crippen molar-refractivity contribution < 1.29 is 0 Å². The summed E-state index contributed by atoms with van der Waals surface area (Å²) in [5.41, 5.74) is 2.38. The predicted molar refractivity (Wildman–Crippen MR) is 99.2 cm³/mol. The summed E-state index contributed by atoms with van der Waals surface area (Å²) in [4.78, 5) is 11.8. The Kier molecular flexibility index (Phi) is 3.87. The normalized spacial score (nSPS) is 14.8. The summed E-state index contributed by atoms with van der Waals surface area (Å²) in [6.07, 6.45) is 1.18. The minimum Gasteiger partial charge on any atom is -0.354 e. The van der Waals surface area contributed by atoms with E-state index in [1.54, 1.807) is 0 Å². The highest BCUT2D eigenvalue weighted by molar-refractivity contribution is 6.31. The lowest BCUT2D eigenvalue weighted by Gasteiger charge is -2.32. The summed E-state index contributed by atoms with van der Waals surface area (Å²) in [7, 11) is 0. The van der Waals surface area contributed by atoms with E-state index in [2.05, 4.69) is 36.0 Å². The van der Waals surface area contributed by atoms with Crippen LogP contribution in [0.5, 0.6) is 0 Å². The molecule has 130 valence electrons. The summed E-state index contributed by atoms with van der Waals surface area (Å²) in [5, 5.41) is 9.43. The van der Waals surface area contributed by atoms with Crippen molar-refractivity contribution in [2.45, 2.75) is 39.2 Å². The van der Waals surface area contributed by atoms with Gasteiger partial charge in [0.05, 0.1) is 6.54 Å². The molecule has 25 heavy (non-hydrogen) atoms. The number of hydrogen-bond acceptors (Lipinski definition) is 5. The molecule has 1 fully saturated rings. The molecular weight excluding hydrogens is 336 g/mol. The molecule has 4 rings (SSSR count). The Hall–Kier alpha value is -2.21. The van der Waals surface area contributed by atoms with E-state index in [1.165, 1.54) is 6.42 Å². The van der Waals surface area contributed by atoms with Gasteiger partial charge in [0.2, 0.25) is 0 Å². The molecule has 0 atom stereocenters. The number of hydrogen-bond donors (Lipinski definition) is 0. The Morgan fingerprint density at radius 2 is 1.88 bits per heavy atom. The van der Waals surface area contributed by atoms with Crippen molar-refractivity contribution >= 4 is 28.6 Å². The predicted octanol–water partition coefficient (Wildman–Crippen LogP) is 3.43. The molecule has 3 aromatic rings. The molecule has 0 unspecified atom stereocenters. The molecule has 1 aliphatic rings. The van der Waals surface area contributed by atoms with Crippen LogP contribution in [-0.4, -0.2) is 38.1 Å². The van der Waals surface area contributed by atoms with Crippen LogP contribution in [0.2, 0.25) is 5.02 Å².